The largest absolute Gasteiger partial charge is 0.453 e. The molecule has 0 bridgehead atoms. The molecule has 1 aliphatic carbocycles. The molecule has 3 aromatic rings. The Bertz CT molecular complexity index is 1320. The Kier molecular flexibility index (Phi) is 5.20. The molecule has 0 spiro atoms. The maximum atomic E-state index is 13.5. The van der Waals surface area contributed by atoms with Gasteiger partial charge in [-0.2, -0.15) is 27.1 Å². The van der Waals surface area contributed by atoms with Gasteiger partial charge in [0.15, 0.2) is 11.5 Å². The van der Waals surface area contributed by atoms with Gasteiger partial charge in [0.1, 0.15) is 22.9 Å². The summed E-state index contributed by atoms with van der Waals surface area (Å²) in [5.74, 6) is -4.57. The molecule has 35 heavy (non-hydrogen) atoms. The van der Waals surface area contributed by atoms with E-state index in [1.807, 2.05) is 0 Å². The van der Waals surface area contributed by atoms with E-state index in [4.69, 9.17) is 5.73 Å². The molecule has 1 aliphatic heterocycles. The highest BCUT2D eigenvalue weighted by Crippen LogP contribution is 2.41. The highest BCUT2D eigenvalue weighted by atomic mass is 19.4. The Morgan fingerprint density at radius 3 is 2.69 bits per heavy atom. The van der Waals surface area contributed by atoms with E-state index < -0.39 is 30.6 Å². The SMILES string of the molecule is CC1(NCC2CC2)C(=O)Nc2nc(-c3nn(CCC(F)(F)C(F)(F)F)c4ncccc34)nc(N)c21. The van der Waals surface area contributed by atoms with Crippen LogP contribution in [0, 0.1) is 5.92 Å². The number of nitrogens with zero attached hydrogens (tertiary/aromatic N) is 5. The summed E-state index contributed by atoms with van der Waals surface area (Å²) in [6.07, 6.45) is -3.66. The number of halogens is 5. The molecule has 9 nitrogen and oxygen atoms in total. The maximum Gasteiger partial charge on any atom is 0.453 e. The number of pyridine rings is 1. The molecule has 14 heteroatoms. The van der Waals surface area contributed by atoms with Crippen LogP contribution < -0.4 is 16.4 Å². The lowest BCUT2D eigenvalue weighted by atomic mass is 9.94. The van der Waals surface area contributed by atoms with Crippen molar-refractivity contribution in [3.05, 3.63) is 23.9 Å². The van der Waals surface area contributed by atoms with Crippen molar-refractivity contribution in [2.45, 2.75) is 50.4 Å². The van der Waals surface area contributed by atoms with Gasteiger partial charge in [0.25, 0.3) is 0 Å². The van der Waals surface area contributed by atoms with Crippen LogP contribution in [0.15, 0.2) is 18.3 Å². The third-order valence-electron chi connectivity index (χ3n) is 6.34. The first kappa shape index (κ1) is 23.3. The quantitative estimate of drug-likeness (QED) is 0.429. The maximum absolute atomic E-state index is 13.5. The lowest BCUT2D eigenvalue weighted by molar-refractivity contribution is -0.285. The van der Waals surface area contributed by atoms with Crippen molar-refractivity contribution >= 4 is 28.6 Å². The number of nitrogen functional groups attached to an aromatic ring is 1. The number of nitrogens with one attached hydrogen (secondary N) is 2. The van der Waals surface area contributed by atoms with Gasteiger partial charge >= 0.3 is 12.1 Å². The number of anilines is 2. The molecule has 186 valence electrons. The molecular formula is C21H21F5N8O. The number of aryl methyl sites for hydroxylation is 1. The minimum atomic E-state index is -5.68. The van der Waals surface area contributed by atoms with Gasteiger partial charge in [-0.05, 0) is 44.4 Å². The van der Waals surface area contributed by atoms with Crippen molar-refractivity contribution in [3.63, 3.8) is 0 Å². The van der Waals surface area contributed by atoms with Gasteiger partial charge in [-0.25, -0.2) is 19.6 Å². The van der Waals surface area contributed by atoms with Crippen LogP contribution in [0.2, 0.25) is 0 Å². The number of carbonyl (C=O) groups excluding carboxylic acids is 1. The number of amides is 1. The smallest absolute Gasteiger partial charge is 0.383 e. The summed E-state index contributed by atoms with van der Waals surface area (Å²) in [6.45, 7) is 1.57. The number of rotatable bonds is 7. The van der Waals surface area contributed by atoms with E-state index >= 15 is 0 Å². The van der Waals surface area contributed by atoms with E-state index in [-0.39, 0.29) is 34.7 Å². The monoisotopic (exact) mass is 496 g/mol. The van der Waals surface area contributed by atoms with Crippen LogP contribution in [0.5, 0.6) is 0 Å². The van der Waals surface area contributed by atoms with Crippen LogP contribution in [-0.4, -0.2) is 49.3 Å². The zero-order chi connectivity index (χ0) is 25.2. The second-order valence-electron chi connectivity index (χ2n) is 8.96. The standard InChI is InChI=1S/C21H21F5N8O/c1-19(29-9-10-4-5-10)12-14(27)30-16(31-15(12)32-18(19)35)13-11-3-2-7-28-17(11)34(33-13)8-6-20(22,23)21(24,25)26/h2-3,7,10,29H,4-6,8-9H2,1H3,(H3,27,30,31,32,35). The van der Waals surface area contributed by atoms with Crippen molar-refractivity contribution in [3.8, 4) is 11.5 Å². The Hall–Kier alpha value is -3.42. The average molecular weight is 496 g/mol. The van der Waals surface area contributed by atoms with E-state index in [1.54, 1.807) is 19.1 Å². The fourth-order valence-corrected chi connectivity index (χ4v) is 4.07. The highest BCUT2D eigenvalue weighted by Gasteiger charge is 2.56. The van der Waals surface area contributed by atoms with Gasteiger partial charge in [-0.15, -0.1) is 0 Å². The molecule has 5 rings (SSSR count). The van der Waals surface area contributed by atoms with Crippen molar-refractivity contribution in [1.29, 1.82) is 0 Å². The van der Waals surface area contributed by atoms with Crippen LogP contribution in [0.4, 0.5) is 33.6 Å². The van der Waals surface area contributed by atoms with Crippen molar-refractivity contribution < 1.29 is 26.7 Å². The second-order valence-corrected chi connectivity index (χ2v) is 8.96. The van der Waals surface area contributed by atoms with E-state index in [2.05, 4.69) is 30.7 Å². The van der Waals surface area contributed by atoms with Gasteiger partial charge in [0.05, 0.1) is 10.9 Å². The first-order chi connectivity index (χ1) is 16.4. The molecule has 1 saturated carbocycles. The predicted octanol–water partition coefficient (Wildman–Crippen LogP) is 3.23. The van der Waals surface area contributed by atoms with Crippen molar-refractivity contribution in [1.82, 2.24) is 30.0 Å². The van der Waals surface area contributed by atoms with Gasteiger partial charge in [-0.3, -0.25) is 10.1 Å². The molecule has 2 aliphatic rings. The Morgan fingerprint density at radius 2 is 2.00 bits per heavy atom. The third kappa shape index (κ3) is 3.94. The van der Waals surface area contributed by atoms with Crippen LogP contribution in [0.25, 0.3) is 22.6 Å². The Balaban J connectivity index is 1.51. The van der Waals surface area contributed by atoms with Gasteiger partial charge in [0.2, 0.25) is 5.91 Å². The predicted molar refractivity (Wildman–Crippen MR) is 115 cm³/mol. The van der Waals surface area contributed by atoms with Gasteiger partial charge in [-0.1, -0.05) is 0 Å². The average Bonchev–Trinajstić information content (AvgIpc) is 3.49. The molecule has 1 amide bonds. The fourth-order valence-electron chi connectivity index (χ4n) is 4.07. The number of nitrogens with two attached hydrogens (primary N) is 1. The van der Waals surface area contributed by atoms with Crippen LogP contribution in [-0.2, 0) is 16.9 Å². The molecule has 0 radical (unpaired) electrons. The van der Waals surface area contributed by atoms with Crippen LogP contribution in [0.3, 0.4) is 0 Å². The van der Waals surface area contributed by atoms with Crippen LogP contribution in [0.1, 0.15) is 31.7 Å². The van der Waals surface area contributed by atoms with Gasteiger partial charge < -0.3 is 11.1 Å². The number of fused-ring (bicyclic) bond motifs is 2. The molecule has 0 saturated heterocycles. The molecular weight excluding hydrogens is 475 g/mol. The first-order valence-electron chi connectivity index (χ1n) is 10.9. The van der Waals surface area contributed by atoms with E-state index in [1.165, 1.54) is 6.20 Å². The number of hydrogen-bond donors (Lipinski definition) is 3. The third-order valence-corrected chi connectivity index (χ3v) is 6.34. The van der Waals surface area contributed by atoms with Crippen LogP contribution >= 0.6 is 0 Å². The molecule has 0 aromatic carbocycles. The summed E-state index contributed by atoms with van der Waals surface area (Å²) >= 11 is 0. The first-order valence-corrected chi connectivity index (χ1v) is 10.9. The molecule has 1 atom stereocenters. The minimum Gasteiger partial charge on any atom is -0.383 e. The molecule has 1 unspecified atom stereocenters. The van der Waals surface area contributed by atoms with E-state index in [0.29, 0.717) is 23.4 Å². The highest BCUT2D eigenvalue weighted by molar-refractivity contribution is 6.06. The lowest BCUT2D eigenvalue weighted by Crippen LogP contribution is -2.46. The Morgan fingerprint density at radius 1 is 1.26 bits per heavy atom. The lowest BCUT2D eigenvalue weighted by Gasteiger charge is -2.24. The normalized spacial score (nSPS) is 20.3. The number of aromatic nitrogens is 5. The molecule has 4 heterocycles. The number of hydrogen-bond acceptors (Lipinski definition) is 7. The number of alkyl halides is 5. The summed E-state index contributed by atoms with van der Waals surface area (Å²) in [6, 6.07) is 3.12. The minimum absolute atomic E-state index is 0.0179. The van der Waals surface area contributed by atoms with E-state index in [0.717, 1.165) is 17.5 Å². The fraction of sp³-hybridized carbons (Fsp3) is 0.476. The molecule has 3 aromatic heterocycles. The Labute approximate surface area is 195 Å². The summed E-state index contributed by atoms with van der Waals surface area (Å²) in [5.41, 5.74) is 5.66. The summed E-state index contributed by atoms with van der Waals surface area (Å²) in [4.78, 5) is 25.5. The topological polar surface area (TPSA) is 124 Å². The molecule has 4 N–H and O–H groups in total. The zero-order valence-electron chi connectivity index (χ0n) is 18.5. The molecule has 1 fully saturated rings. The summed E-state index contributed by atoms with van der Waals surface area (Å²) in [7, 11) is 0. The zero-order valence-corrected chi connectivity index (χ0v) is 18.5. The summed E-state index contributed by atoms with van der Waals surface area (Å²) in [5, 5.41) is 10.4. The van der Waals surface area contributed by atoms with Crippen molar-refractivity contribution in [2.75, 3.05) is 17.6 Å². The van der Waals surface area contributed by atoms with Crippen molar-refractivity contribution in [2.24, 2.45) is 5.92 Å². The second kappa shape index (κ2) is 7.80. The summed E-state index contributed by atoms with van der Waals surface area (Å²) < 4.78 is 65.8. The number of carbonyl (C=O) groups is 1. The van der Waals surface area contributed by atoms with Gasteiger partial charge in [0, 0.05) is 19.2 Å². The van der Waals surface area contributed by atoms with E-state index in [9.17, 15) is 26.7 Å².